The van der Waals surface area contributed by atoms with Crippen LogP contribution in [0.1, 0.15) is 0 Å². The third-order valence-electron chi connectivity index (χ3n) is 2.04. The van der Waals surface area contributed by atoms with Gasteiger partial charge in [-0.05, 0) is 22.0 Å². The predicted molar refractivity (Wildman–Crippen MR) is 67.9 cm³/mol. The average molecular weight is 349 g/mol. The van der Waals surface area contributed by atoms with Gasteiger partial charge in [-0.25, -0.2) is 14.4 Å². The largest absolute Gasteiger partial charge is 0.430 e. The molecule has 1 aromatic carbocycles. The SMILES string of the molecule is O=[N+]([O-])c1ccc(F)cc1Oc1ncnc(Cl)c1Br. The number of ether oxygens (including phenoxy) is 1. The van der Waals surface area contributed by atoms with E-state index in [-0.39, 0.29) is 26.9 Å². The number of rotatable bonds is 3. The van der Waals surface area contributed by atoms with E-state index in [2.05, 4.69) is 25.9 Å². The molecule has 0 aliphatic carbocycles. The molecule has 0 aliphatic rings. The summed E-state index contributed by atoms with van der Waals surface area (Å²) >= 11 is 8.80. The lowest BCUT2D eigenvalue weighted by Gasteiger charge is -2.07. The molecule has 2 rings (SSSR count). The first-order chi connectivity index (χ1) is 8.99. The zero-order valence-corrected chi connectivity index (χ0v) is 11.4. The molecular formula is C10H4BrClFN3O3. The van der Waals surface area contributed by atoms with Gasteiger partial charge in [0.1, 0.15) is 16.6 Å². The van der Waals surface area contributed by atoms with Crippen LogP contribution in [0.5, 0.6) is 11.6 Å². The Labute approximate surface area is 119 Å². The molecule has 1 heterocycles. The van der Waals surface area contributed by atoms with Crippen LogP contribution in [0.3, 0.4) is 0 Å². The fraction of sp³-hybridized carbons (Fsp3) is 0. The van der Waals surface area contributed by atoms with Gasteiger partial charge in [0.25, 0.3) is 0 Å². The highest BCUT2D eigenvalue weighted by molar-refractivity contribution is 9.10. The molecule has 1 aromatic heterocycles. The van der Waals surface area contributed by atoms with Crippen LogP contribution in [-0.2, 0) is 0 Å². The quantitative estimate of drug-likeness (QED) is 0.480. The van der Waals surface area contributed by atoms with Gasteiger partial charge >= 0.3 is 5.69 Å². The van der Waals surface area contributed by atoms with E-state index in [0.29, 0.717) is 0 Å². The Bertz CT molecular complexity index is 656. The van der Waals surface area contributed by atoms with Gasteiger partial charge in [0.05, 0.1) is 4.92 Å². The standard InChI is InChI=1S/C10H4BrClFN3O3/c11-8-9(12)14-4-15-10(8)19-7-3-5(13)1-2-6(7)16(17)18/h1-4H. The maximum absolute atomic E-state index is 13.1. The lowest BCUT2D eigenvalue weighted by molar-refractivity contribution is -0.385. The molecule has 98 valence electrons. The Morgan fingerprint density at radius 3 is 2.84 bits per heavy atom. The van der Waals surface area contributed by atoms with E-state index < -0.39 is 10.7 Å². The minimum atomic E-state index is -0.689. The highest BCUT2D eigenvalue weighted by Crippen LogP contribution is 2.35. The number of nitro groups is 1. The van der Waals surface area contributed by atoms with Crippen molar-refractivity contribution < 1.29 is 14.1 Å². The minimum absolute atomic E-state index is 0.0475. The van der Waals surface area contributed by atoms with Crippen molar-refractivity contribution in [3.63, 3.8) is 0 Å². The highest BCUT2D eigenvalue weighted by atomic mass is 79.9. The molecule has 9 heteroatoms. The van der Waals surface area contributed by atoms with Crippen molar-refractivity contribution in [1.29, 1.82) is 0 Å². The van der Waals surface area contributed by atoms with Crippen molar-refractivity contribution in [3.8, 4) is 11.6 Å². The fourth-order valence-electron chi connectivity index (χ4n) is 1.23. The summed E-state index contributed by atoms with van der Waals surface area (Å²) in [7, 11) is 0. The molecule has 0 bridgehead atoms. The normalized spacial score (nSPS) is 10.3. The number of hydrogen-bond donors (Lipinski definition) is 0. The molecular weight excluding hydrogens is 344 g/mol. The monoisotopic (exact) mass is 347 g/mol. The zero-order valence-electron chi connectivity index (χ0n) is 9.01. The van der Waals surface area contributed by atoms with Crippen molar-refractivity contribution in [3.05, 3.63) is 50.1 Å². The molecule has 19 heavy (non-hydrogen) atoms. The molecule has 0 spiro atoms. The molecule has 0 aliphatic heterocycles. The van der Waals surface area contributed by atoms with E-state index in [9.17, 15) is 14.5 Å². The Morgan fingerprint density at radius 2 is 2.16 bits per heavy atom. The number of benzene rings is 1. The van der Waals surface area contributed by atoms with Crippen LogP contribution in [0.15, 0.2) is 29.0 Å². The number of nitro benzene ring substituents is 1. The van der Waals surface area contributed by atoms with Gasteiger partial charge in [-0.3, -0.25) is 10.1 Å². The molecule has 0 N–H and O–H groups in total. The number of halogens is 3. The molecule has 0 saturated heterocycles. The maximum Gasteiger partial charge on any atom is 0.311 e. The molecule has 6 nitrogen and oxygen atoms in total. The minimum Gasteiger partial charge on any atom is -0.430 e. The Morgan fingerprint density at radius 1 is 1.42 bits per heavy atom. The van der Waals surface area contributed by atoms with Gasteiger partial charge in [0.15, 0.2) is 5.15 Å². The molecule has 0 radical (unpaired) electrons. The predicted octanol–water partition coefficient (Wildman–Crippen LogP) is 3.73. The van der Waals surface area contributed by atoms with Crippen molar-refractivity contribution >= 4 is 33.2 Å². The van der Waals surface area contributed by atoms with Crippen LogP contribution < -0.4 is 4.74 Å². The summed E-state index contributed by atoms with van der Waals surface area (Å²) in [5, 5.41) is 10.9. The molecule has 2 aromatic rings. The van der Waals surface area contributed by atoms with Crippen molar-refractivity contribution in [2.45, 2.75) is 0 Å². The van der Waals surface area contributed by atoms with Crippen molar-refractivity contribution in [2.24, 2.45) is 0 Å². The Kier molecular flexibility index (Phi) is 3.91. The second kappa shape index (κ2) is 5.45. The van der Waals surface area contributed by atoms with Gasteiger partial charge < -0.3 is 4.74 Å². The van der Waals surface area contributed by atoms with Crippen LogP contribution in [0, 0.1) is 15.9 Å². The molecule has 0 unspecified atom stereocenters. The first-order valence-electron chi connectivity index (χ1n) is 4.77. The zero-order chi connectivity index (χ0) is 14.0. The topological polar surface area (TPSA) is 78.2 Å². The van der Waals surface area contributed by atoms with Gasteiger partial charge in [0, 0.05) is 12.1 Å². The smallest absolute Gasteiger partial charge is 0.311 e. The number of hydrogen-bond acceptors (Lipinski definition) is 5. The molecule has 0 saturated carbocycles. The molecule has 0 atom stereocenters. The Hall–Kier alpha value is -1.80. The molecule has 0 amide bonds. The summed E-state index contributed by atoms with van der Waals surface area (Å²) in [6.07, 6.45) is 1.12. The van der Waals surface area contributed by atoms with Crippen LogP contribution >= 0.6 is 27.5 Å². The van der Waals surface area contributed by atoms with E-state index in [4.69, 9.17) is 16.3 Å². The first-order valence-corrected chi connectivity index (χ1v) is 5.94. The lowest BCUT2D eigenvalue weighted by atomic mass is 10.3. The first kappa shape index (κ1) is 13.6. The summed E-state index contributed by atoms with van der Waals surface area (Å²) in [5.41, 5.74) is -0.386. The van der Waals surface area contributed by atoms with Crippen LogP contribution in [0.2, 0.25) is 5.15 Å². The van der Waals surface area contributed by atoms with E-state index in [1.54, 1.807) is 0 Å². The molecule has 0 fully saturated rings. The van der Waals surface area contributed by atoms with Crippen LogP contribution in [0.4, 0.5) is 10.1 Å². The number of aromatic nitrogens is 2. The third-order valence-corrected chi connectivity index (χ3v) is 3.27. The van der Waals surface area contributed by atoms with E-state index in [0.717, 1.165) is 24.5 Å². The second-order valence-electron chi connectivity index (χ2n) is 3.25. The lowest BCUT2D eigenvalue weighted by Crippen LogP contribution is -1.96. The van der Waals surface area contributed by atoms with Crippen molar-refractivity contribution in [1.82, 2.24) is 9.97 Å². The van der Waals surface area contributed by atoms with Crippen molar-refractivity contribution in [2.75, 3.05) is 0 Å². The summed E-state index contributed by atoms with van der Waals surface area (Å²) in [6.45, 7) is 0. The summed E-state index contributed by atoms with van der Waals surface area (Å²) in [4.78, 5) is 17.5. The van der Waals surface area contributed by atoms with Gasteiger partial charge in [-0.1, -0.05) is 11.6 Å². The van der Waals surface area contributed by atoms with Crippen LogP contribution in [0.25, 0.3) is 0 Å². The van der Waals surface area contributed by atoms with Crippen LogP contribution in [-0.4, -0.2) is 14.9 Å². The summed E-state index contributed by atoms with van der Waals surface area (Å²) < 4.78 is 18.5. The highest BCUT2D eigenvalue weighted by Gasteiger charge is 2.19. The summed E-state index contributed by atoms with van der Waals surface area (Å²) in [6, 6.07) is 2.86. The maximum atomic E-state index is 13.1. The van der Waals surface area contributed by atoms with E-state index >= 15 is 0 Å². The van der Waals surface area contributed by atoms with E-state index in [1.165, 1.54) is 0 Å². The van der Waals surface area contributed by atoms with Gasteiger partial charge in [-0.15, -0.1) is 0 Å². The van der Waals surface area contributed by atoms with Gasteiger partial charge in [0.2, 0.25) is 11.6 Å². The average Bonchev–Trinajstić information content (AvgIpc) is 2.35. The third kappa shape index (κ3) is 2.96. The fourth-order valence-corrected chi connectivity index (χ4v) is 1.64. The van der Waals surface area contributed by atoms with E-state index in [1.807, 2.05) is 0 Å². The number of nitrogens with zero attached hydrogens (tertiary/aromatic N) is 3. The van der Waals surface area contributed by atoms with Gasteiger partial charge in [-0.2, -0.15) is 0 Å². The Balaban J connectivity index is 2.45. The summed E-state index contributed by atoms with van der Waals surface area (Å²) in [5.74, 6) is -0.994. The second-order valence-corrected chi connectivity index (χ2v) is 4.41.